The lowest BCUT2D eigenvalue weighted by molar-refractivity contribution is -0.185. The molecule has 0 spiro atoms. The summed E-state index contributed by atoms with van der Waals surface area (Å²) >= 11 is 0. The van der Waals surface area contributed by atoms with Gasteiger partial charge in [-0.25, -0.2) is 0 Å². The van der Waals surface area contributed by atoms with Gasteiger partial charge in [0.25, 0.3) is 0 Å². The average molecular weight is 407 g/mol. The van der Waals surface area contributed by atoms with E-state index in [1.54, 1.807) is 13.0 Å². The SMILES string of the molecule is C=C[C@@](C)(O)CCC1=C(C)[C@@H](OC(C)=O)[C@@H](OC(C)=O)[C@H]2C(C)(C)CCC[C@]12C. The fraction of sp³-hybridized carbons (Fsp3) is 0.750. The van der Waals surface area contributed by atoms with Crippen LogP contribution in [0.3, 0.4) is 0 Å². The highest BCUT2D eigenvalue weighted by molar-refractivity contribution is 5.68. The van der Waals surface area contributed by atoms with Gasteiger partial charge in [-0.1, -0.05) is 38.8 Å². The first-order valence-corrected chi connectivity index (χ1v) is 10.7. The molecule has 5 nitrogen and oxygen atoms in total. The van der Waals surface area contributed by atoms with Crippen LogP contribution in [0, 0.1) is 16.7 Å². The summed E-state index contributed by atoms with van der Waals surface area (Å²) in [6.07, 6.45) is 4.76. The molecule has 5 atom stereocenters. The maximum Gasteiger partial charge on any atom is 0.303 e. The van der Waals surface area contributed by atoms with Crippen LogP contribution in [-0.4, -0.2) is 34.9 Å². The Hall–Kier alpha value is -1.62. The predicted octanol–water partition coefficient (Wildman–Crippen LogP) is 4.73. The largest absolute Gasteiger partial charge is 0.458 e. The van der Waals surface area contributed by atoms with Crippen LogP contribution in [0.2, 0.25) is 0 Å². The molecule has 1 N–H and O–H groups in total. The van der Waals surface area contributed by atoms with E-state index in [9.17, 15) is 14.7 Å². The van der Waals surface area contributed by atoms with E-state index in [1.807, 2.05) is 6.92 Å². The van der Waals surface area contributed by atoms with Crippen molar-refractivity contribution < 1.29 is 24.2 Å². The van der Waals surface area contributed by atoms with Crippen molar-refractivity contribution in [3.63, 3.8) is 0 Å². The number of rotatable bonds is 6. The Morgan fingerprint density at radius 1 is 1.21 bits per heavy atom. The van der Waals surface area contributed by atoms with Crippen molar-refractivity contribution in [1.29, 1.82) is 0 Å². The lowest BCUT2D eigenvalue weighted by Gasteiger charge is -2.58. The first-order chi connectivity index (χ1) is 13.2. The Morgan fingerprint density at radius 2 is 1.79 bits per heavy atom. The Labute approximate surface area is 175 Å². The van der Waals surface area contributed by atoms with Crippen molar-refractivity contribution in [2.75, 3.05) is 0 Å². The molecule has 0 aliphatic heterocycles. The summed E-state index contributed by atoms with van der Waals surface area (Å²) in [6.45, 7) is 17.0. The number of carbonyl (C=O) groups excluding carboxylic acids is 2. The Morgan fingerprint density at radius 3 is 2.31 bits per heavy atom. The third kappa shape index (κ3) is 4.76. The van der Waals surface area contributed by atoms with Crippen molar-refractivity contribution in [3.8, 4) is 0 Å². The molecule has 2 rings (SSSR count). The molecule has 29 heavy (non-hydrogen) atoms. The molecular weight excluding hydrogens is 368 g/mol. The topological polar surface area (TPSA) is 72.8 Å². The fourth-order valence-corrected chi connectivity index (χ4v) is 5.89. The molecule has 1 fully saturated rings. The van der Waals surface area contributed by atoms with Gasteiger partial charge in [0, 0.05) is 19.8 Å². The number of hydrogen-bond donors (Lipinski definition) is 1. The second-order valence-corrected chi connectivity index (χ2v) is 10.1. The van der Waals surface area contributed by atoms with Crippen LogP contribution in [0.25, 0.3) is 0 Å². The summed E-state index contributed by atoms with van der Waals surface area (Å²) in [4.78, 5) is 23.9. The van der Waals surface area contributed by atoms with Gasteiger partial charge in [0.05, 0.1) is 5.60 Å². The molecule has 5 heteroatoms. The summed E-state index contributed by atoms with van der Waals surface area (Å²) in [5.74, 6) is -0.729. The summed E-state index contributed by atoms with van der Waals surface area (Å²) in [5, 5.41) is 10.5. The zero-order chi connectivity index (χ0) is 22.2. The zero-order valence-corrected chi connectivity index (χ0v) is 19.1. The van der Waals surface area contributed by atoms with E-state index >= 15 is 0 Å². The highest BCUT2D eigenvalue weighted by Crippen LogP contribution is 2.61. The molecule has 0 aromatic carbocycles. The summed E-state index contributed by atoms with van der Waals surface area (Å²) < 4.78 is 11.6. The Balaban J connectivity index is 2.63. The number of esters is 2. The Kier molecular flexibility index (Phi) is 6.73. The average Bonchev–Trinajstić information content (AvgIpc) is 2.56. The predicted molar refractivity (Wildman–Crippen MR) is 113 cm³/mol. The van der Waals surface area contributed by atoms with E-state index in [2.05, 4.69) is 27.4 Å². The van der Waals surface area contributed by atoms with Gasteiger partial charge in [-0.3, -0.25) is 9.59 Å². The van der Waals surface area contributed by atoms with Gasteiger partial charge in [-0.15, -0.1) is 6.58 Å². The van der Waals surface area contributed by atoms with Gasteiger partial charge in [0.2, 0.25) is 0 Å². The van der Waals surface area contributed by atoms with Crippen molar-refractivity contribution in [2.45, 2.75) is 98.4 Å². The van der Waals surface area contributed by atoms with Crippen molar-refractivity contribution >= 4 is 11.9 Å². The fourth-order valence-electron chi connectivity index (χ4n) is 5.89. The van der Waals surface area contributed by atoms with Crippen LogP contribution < -0.4 is 0 Å². The van der Waals surface area contributed by atoms with E-state index < -0.39 is 17.8 Å². The second-order valence-electron chi connectivity index (χ2n) is 10.1. The number of fused-ring (bicyclic) bond motifs is 1. The van der Waals surface area contributed by atoms with E-state index in [0.717, 1.165) is 24.8 Å². The number of carbonyl (C=O) groups is 2. The van der Waals surface area contributed by atoms with Gasteiger partial charge in [0.15, 0.2) is 6.10 Å². The van der Waals surface area contributed by atoms with Gasteiger partial charge in [-0.05, 0) is 55.9 Å². The normalized spacial score (nSPS) is 33.3. The Bertz CT molecular complexity index is 702. The van der Waals surface area contributed by atoms with Crippen LogP contribution in [0.5, 0.6) is 0 Å². The van der Waals surface area contributed by atoms with Gasteiger partial charge in [-0.2, -0.15) is 0 Å². The minimum Gasteiger partial charge on any atom is -0.458 e. The summed E-state index contributed by atoms with van der Waals surface area (Å²) in [5.41, 5.74) is 0.917. The van der Waals surface area contributed by atoms with Crippen LogP contribution in [0.1, 0.15) is 80.6 Å². The molecule has 1 saturated carbocycles. The standard InChI is InChI=1S/C24H38O5/c1-9-23(7,27)14-11-18-15(2)19(28-16(3)25)20(29-17(4)26)21-22(5,6)12-10-13-24(18,21)8/h9,19-21,27H,1,10-14H2,2-8H3/t19-,20-,21+,23-,24-/m1/s1. The van der Waals surface area contributed by atoms with E-state index in [1.165, 1.54) is 19.4 Å². The van der Waals surface area contributed by atoms with Crippen LogP contribution in [-0.2, 0) is 19.1 Å². The maximum atomic E-state index is 12.0. The van der Waals surface area contributed by atoms with Crippen molar-refractivity contribution in [2.24, 2.45) is 16.7 Å². The monoisotopic (exact) mass is 406 g/mol. The van der Waals surface area contributed by atoms with Gasteiger partial charge in [0.1, 0.15) is 6.10 Å². The van der Waals surface area contributed by atoms with E-state index in [-0.39, 0.29) is 28.7 Å². The highest BCUT2D eigenvalue weighted by Gasteiger charge is 2.59. The van der Waals surface area contributed by atoms with Crippen molar-refractivity contribution in [3.05, 3.63) is 23.8 Å². The minimum atomic E-state index is -0.965. The van der Waals surface area contributed by atoms with Crippen LogP contribution in [0.4, 0.5) is 0 Å². The molecule has 164 valence electrons. The maximum absolute atomic E-state index is 12.0. The second kappa shape index (κ2) is 8.25. The first kappa shape index (κ1) is 23.7. The van der Waals surface area contributed by atoms with Gasteiger partial charge >= 0.3 is 11.9 Å². The lowest BCUT2D eigenvalue weighted by Crippen LogP contribution is -2.58. The molecule has 0 aromatic heterocycles. The smallest absolute Gasteiger partial charge is 0.303 e. The molecule has 0 amide bonds. The molecule has 0 unspecified atom stereocenters. The minimum absolute atomic E-state index is 0.0179. The number of aliphatic hydroxyl groups is 1. The molecule has 0 saturated heterocycles. The van der Waals surface area contributed by atoms with E-state index in [4.69, 9.17) is 9.47 Å². The van der Waals surface area contributed by atoms with E-state index in [0.29, 0.717) is 12.8 Å². The molecule has 2 aliphatic rings. The molecule has 0 aromatic rings. The van der Waals surface area contributed by atoms with Gasteiger partial charge < -0.3 is 14.6 Å². The number of hydrogen-bond acceptors (Lipinski definition) is 5. The van der Waals surface area contributed by atoms with Crippen LogP contribution >= 0.6 is 0 Å². The molecule has 0 heterocycles. The highest BCUT2D eigenvalue weighted by atomic mass is 16.6. The third-order valence-electron chi connectivity index (χ3n) is 7.18. The lowest BCUT2D eigenvalue weighted by atomic mass is 9.48. The summed E-state index contributed by atoms with van der Waals surface area (Å²) in [6, 6.07) is 0. The molecular formula is C24H38O5. The molecule has 0 radical (unpaired) electrons. The third-order valence-corrected chi connectivity index (χ3v) is 7.18. The first-order valence-electron chi connectivity index (χ1n) is 10.7. The number of allylic oxidation sites excluding steroid dienone is 1. The summed E-state index contributed by atoms with van der Waals surface area (Å²) in [7, 11) is 0. The number of ether oxygens (including phenoxy) is 2. The van der Waals surface area contributed by atoms with Crippen LogP contribution in [0.15, 0.2) is 23.8 Å². The molecule has 0 bridgehead atoms. The van der Waals surface area contributed by atoms with Crippen molar-refractivity contribution in [1.82, 2.24) is 0 Å². The molecule has 2 aliphatic carbocycles. The quantitative estimate of drug-likeness (QED) is 0.510. The zero-order valence-electron chi connectivity index (χ0n) is 19.1.